The minimum Gasteiger partial charge on any atom is -0.392 e. The average Bonchev–Trinajstić information content (AvgIpc) is 2.80. The topological polar surface area (TPSA) is 74.4 Å². The molecule has 1 fully saturated rings. The van der Waals surface area contributed by atoms with Crippen LogP contribution in [-0.4, -0.2) is 47.9 Å². The minimum absolute atomic E-state index is 0.198. The Kier molecular flexibility index (Phi) is 6.86. The van der Waals surface area contributed by atoms with Crippen LogP contribution in [0.25, 0.3) is 11.3 Å². The number of aliphatic hydroxyl groups excluding tert-OH is 1. The number of nitrogens with two attached hydrogens (primary N) is 1. The normalized spacial score (nSPS) is 22.0. The number of benzene rings is 1. The maximum absolute atomic E-state index is 9.60. The fourth-order valence-electron chi connectivity index (χ4n) is 5.29. The van der Waals surface area contributed by atoms with E-state index >= 15 is 0 Å². The molecule has 5 heteroatoms. The summed E-state index contributed by atoms with van der Waals surface area (Å²) in [5.74, 6) is 1.06. The van der Waals surface area contributed by atoms with Gasteiger partial charge in [-0.25, -0.2) is 4.98 Å². The molecule has 1 aliphatic heterocycles. The zero-order valence-electron chi connectivity index (χ0n) is 21.1. The van der Waals surface area contributed by atoms with Crippen LogP contribution in [-0.2, 0) is 10.8 Å². The van der Waals surface area contributed by atoms with Gasteiger partial charge in [-0.2, -0.15) is 0 Å². The van der Waals surface area contributed by atoms with Crippen molar-refractivity contribution >= 4 is 5.82 Å². The summed E-state index contributed by atoms with van der Waals surface area (Å²) in [5.41, 5.74) is 11.6. The molecule has 1 aromatic heterocycles. The lowest BCUT2D eigenvalue weighted by Crippen LogP contribution is -2.48. The Bertz CT molecular complexity index is 960. The third-order valence-corrected chi connectivity index (χ3v) is 7.96. The highest BCUT2D eigenvalue weighted by molar-refractivity contribution is 5.65. The van der Waals surface area contributed by atoms with Crippen LogP contribution in [0.15, 0.2) is 36.4 Å². The van der Waals surface area contributed by atoms with Gasteiger partial charge in [0.2, 0.25) is 0 Å². The number of piperidine rings is 1. The summed E-state index contributed by atoms with van der Waals surface area (Å²) in [7, 11) is 0. The monoisotopic (exact) mass is 450 g/mol. The first-order valence-electron chi connectivity index (χ1n) is 12.6. The molecule has 33 heavy (non-hydrogen) atoms. The number of anilines is 1. The van der Waals surface area contributed by atoms with Crippen LogP contribution in [0, 0.1) is 0 Å². The largest absolute Gasteiger partial charge is 0.392 e. The summed E-state index contributed by atoms with van der Waals surface area (Å²) in [5, 5.41) is 13.1. The SMILES string of the molecule is CC(O)C(N)CNC1CCN(c2cccc(-c3ccc4c(c3)C(C)(C)CCC4(C)C)n2)CC1. The number of aromatic nitrogens is 1. The molecule has 2 aromatic rings. The lowest BCUT2D eigenvalue weighted by Gasteiger charge is -2.42. The van der Waals surface area contributed by atoms with Crippen molar-refractivity contribution in [3.63, 3.8) is 0 Å². The van der Waals surface area contributed by atoms with Gasteiger partial charge in [-0.1, -0.05) is 45.9 Å². The maximum atomic E-state index is 9.60. The van der Waals surface area contributed by atoms with E-state index in [0.29, 0.717) is 12.6 Å². The van der Waals surface area contributed by atoms with Crippen molar-refractivity contribution in [2.75, 3.05) is 24.5 Å². The second-order valence-corrected chi connectivity index (χ2v) is 11.5. The zero-order valence-corrected chi connectivity index (χ0v) is 21.1. The van der Waals surface area contributed by atoms with Gasteiger partial charge in [0.1, 0.15) is 5.82 Å². The number of nitrogens with zero attached hydrogens (tertiary/aromatic N) is 2. The number of rotatable bonds is 6. The Hall–Kier alpha value is -1.95. The molecule has 4 N–H and O–H groups in total. The molecule has 2 aliphatic rings. The smallest absolute Gasteiger partial charge is 0.129 e. The van der Waals surface area contributed by atoms with E-state index in [1.807, 2.05) is 0 Å². The van der Waals surface area contributed by atoms with Gasteiger partial charge in [0.15, 0.2) is 0 Å². The van der Waals surface area contributed by atoms with Crippen LogP contribution in [0.1, 0.15) is 71.4 Å². The highest BCUT2D eigenvalue weighted by atomic mass is 16.3. The average molecular weight is 451 g/mol. The van der Waals surface area contributed by atoms with Gasteiger partial charge >= 0.3 is 0 Å². The van der Waals surface area contributed by atoms with Crippen LogP contribution in [0.2, 0.25) is 0 Å². The van der Waals surface area contributed by atoms with E-state index in [9.17, 15) is 5.11 Å². The zero-order chi connectivity index (χ0) is 23.8. The van der Waals surface area contributed by atoms with Gasteiger partial charge in [-0.3, -0.25) is 0 Å². The second-order valence-electron chi connectivity index (χ2n) is 11.5. The molecule has 2 unspecified atom stereocenters. The molecule has 1 saturated heterocycles. The van der Waals surface area contributed by atoms with Crippen LogP contribution in [0.5, 0.6) is 0 Å². The molecular weight excluding hydrogens is 408 g/mol. The number of hydrogen-bond acceptors (Lipinski definition) is 5. The van der Waals surface area contributed by atoms with Gasteiger partial charge in [-0.15, -0.1) is 0 Å². The predicted molar refractivity (Wildman–Crippen MR) is 138 cm³/mol. The van der Waals surface area contributed by atoms with Gasteiger partial charge in [0.05, 0.1) is 11.8 Å². The van der Waals surface area contributed by atoms with Crippen LogP contribution >= 0.6 is 0 Å². The third-order valence-electron chi connectivity index (χ3n) is 7.96. The first kappa shape index (κ1) is 24.2. The fourth-order valence-corrected chi connectivity index (χ4v) is 5.29. The molecule has 180 valence electrons. The van der Waals surface area contributed by atoms with E-state index in [1.165, 1.54) is 29.5 Å². The minimum atomic E-state index is -0.482. The first-order valence-corrected chi connectivity index (χ1v) is 12.6. The number of hydrogen-bond donors (Lipinski definition) is 3. The van der Waals surface area contributed by atoms with Crippen LogP contribution < -0.4 is 16.0 Å². The Morgan fingerprint density at radius 2 is 1.73 bits per heavy atom. The Balaban J connectivity index is 1.47. The van der Waals surface area contributed by atoms with E-state index in [2.05, 4.69) is 74.3 Å². The highest BCUT2D eigenvalue weighted by Gasteiger charge is 2.37. The third kappa shape index (κ3) is 5.26. The summed E-state index contributed by atoms with van der Waals surface area (Å²) >= 11 is 0. The molecule has 0 amide bonds. The molecular formula is C28H42N4O. The molecule has 2 heterocycles. The van der Waals surface area contributed by atoms with Crippen molar-refractivity contribution in [2.45, 2.75) is 89.3 Å². The molecule has 0 bridgehead atoms. The van der Waals surface area contributed by atoms with Crippen molar-refractivity contribution in [1.82, 2.24) is 10.3 Å². The molecule has 1 aromatic carbocycles. The van der Waals surface area contributed by atoms with Gasteiger partial charge in [-0.05, 0) is 72.8 Å². The van der Waals surface area contributed by atoms with Crippen LogP contribution in [0.4, 0.5) is 5.82 Å². The predicted octanol–water partition coefficient (Wildman–Crippen LogP) is 4.36. The Morgan fingerprint density at radius 3 is 2.39 bits per heavy atom. The van der Waals surface area contributed by atoms with Crippen molar-refractivity contribution < 1.29 is 5.11 Å². The van der Waals surface area contributed by atoms with E-state index in [1.54, 1.807) is 6.92 Å². The lowest BCUT2D eigenvalue weighted by atomic mass is 9.63. The van der Waals surface area contributed by atoms with Crippen molar-refractivity contribution in [1.29, 1.82) is 0 Å². The summed E-state index contributed by atoms with van der Waals surface area (Å²) in [6.07, 6.45) is 4.08. The van der Waals surface area contributed by atoms with Crippen molar-refractivity contribution in [3.05, 3.63) is 47.5 Å². The van der Waals surface area contributed by atoms with Crippen molar-refractivity contribution in [2.24, 2.45) is 5.73 Å². The molecule has 0 radical (unpaired) electrons. The Morgan fingerprint density at radius 1 is 1.06 bits per heavy atom. The van der Waals surface area contributed by atoms with Crippen LogP contribution in [0.3, 0.4) is 0 Å². The summed E-state index contributed by atoms with van der Waals surface area (Å²) < 4.78 is 0. The molecule has 1 aliphatic carbocycles. The Labute approximate surface area is 199 Å². The molecule has 5 nitrogen and oxygen atoms in total. The fraction of sp³-hybridized carbons (Fsp3) is 0.607. The molecule has 0 saturated carbocycles. The van der Waals surface area contributed by atoms with E-state index in [4.69, 9.17) is 10.7 Å². The quantitative estimate of drug-likeness (QED) is 0.610. The summed E-state index contributed by atoms with van der Waals surface area (Å²) in [6.45, 7) is 13.8. The van der Waals surface area contributed by atoms with E-state index < -0.39 is 6.10 Å². The highest BCUT2D eigenvalue weighted by Crippen LogP contribution is 2.46. The standard InChI is InChI=1S/C28H42N4O/c1-19(33)24(29)18-30-21-11-15-32(16-12-21)26-8-6-7-25(31-26)20-9-10-22-23(17-20)28(4,5)14-13-27(22,2)3/h6-10,17,19,21,24,30,33H,11-16,18,29H2,1-5H3. The van der Waals surface area contributed by atoms with Gasteiger partial charge in [0.25, 0.3) is 0 Å². The maximum Gasteiger partial charge on any atom is 0.129 e. The molecule has 4 rings (SSSR count). The lowest BCUT2D eigenvalue weighted by molar-refractivity contribution is 0.159. The van der Waals surface area contributed by atoms with E-state index in [0.717, 1.165) is 37.4 Å². The first-order chi connectivity index (χ1) is 15.6. The van der Waals surface area contributed by atoms with Gasteiger partial charge < -0.3 is 21.1 Å². The molecule has 0 spiro atoms. The molecule has 2 atom stereocenters. The summed E-state index contributed by atoms with van der Waals surface area (Å²) in [6, 6.07) is 13.6. The second kappa shape index (κ2) is 9.36. The number of aliphatic hydroxyl groups is 1. The number of nitrogens with one attached hydrogen (secondary N) is 1. The summed E-state index contributed by atoms with van der Waals surface area (Å²) in [4.78, 5) is 7.47. The van der Waals surface area contributed by atoms with Gasteiger partial charge in [0, 0.05) is 37.3 Å². The number of fused-ring (bicyclic) bond motifs is 1. The van der Waals surface area contributed by atoms with Crippen molar-refractivity contribution in [3.8, 4) is 11.3 Å². The van der Waals surface area contributed by atoms with E-state index in [-0.39, 0.29) is 16.9 Å². The number of pyridine rings is 1.